The second-order valence-electron chi connectivity index (χ2n) is 4.98. The maximum atomic E-state index is 11.6. The van der Waals surface area contributed by atoms with Crippen LogP contribution in [0, 0.1) is 0 Å². The van der Waals surface area contributed by atoms with Crippen molar-refractivity contribution >= 4 is 17.6 Å². The van der Waals surface area contributed by atoms with Gasteiger partial charge in [0.05, 0.1) is 12.8 Å². The van der Waals surface area contributed by atoms with Crippen LogP contribution in [0.25, 0.3) is 0 Å². The SMILES string of the molecule is CC1(C)OC[C@H](/C=N/[S@+]([O-])C(C)(C)C)O1. The second kappa shape index (κ2) is 4.41. The van der Waals surface area contributed by atoms with Gasteiger partial charge in [-0.2, -0.15) is 0 Å². The quantitative estimate of drug-likeness (QED) is 0.538. The van der Waals surface area contributed by atoms with E-state index in [0.29, 0.717) is 6.61 Å². The van der Waals surface area contributed by atoms with E-state index in [1.165, 1.54) is 0 Å². The Morgan fingerprint density at radius 1 is 1.47 bits per heavy atom. The van der Waals surface area contributed by atoms with E-state index in [1.807, 2.05) is 34.6 Å². The minimum absolute atomic E-state index is 0.189. The molecule has 0 aromatic carbocycles. The first-order valence-corrected chi connectivity index (χ1v) is 6.09. The van der Waals surface area contributed by atoms with Crippen LogP contribution in [0.1, 0.15) is 34.6 Å². The van der Waals surface area contributed by atoms with Gasteiger partial charge in [-0.25, -0.2) is 0 Å². The Labute approximate surface area is 94.4 Å². The summed E-state index contributed by atoms with van der Waals surface area (Å²) >= 11 is -1.22. The van der Waals surface area contributed by atoms with Crippen LogP contribution in [0.5, 0.6) is 0 Å². The first-order chi connectivity index (χ1) is 6.71. The van der Waals surface area contributed by atoms with Crippen molar-refractivity contribution in [3.8, 4) is 0 Å². The molecule has 0 aromatic rings. The maximum Gasteiger partial charge on any atom is 0.163 e. The van der Waals surface area contributed by atoms with E-state index in [2.05, 4.69) is 4.40 Å². The third kappa shape index (κ3) is 4.10. The van der Waals surface area contributed by atoms with Crippen molar-refractivity contribution in [3.63, 3.8) is 0 Å². The zero-order valence-electron chi connectivity index (χ0n) is 9.94. The second-order valence-corrected chi connectivity index (χ2v) is 6.92. The number of nitrogens with zero attached hydrogens (tertiary/aromatic N) is 1. The molecule has 15 heavy (non-hydrogen) atoms. The van der Waals surface area contributed by atoms with Crippen molar-refractivity contribution in [2.24, 2.45) is 4.40 Å². The van der Waals surface area contributed by atoms with Gasteiger partial charge in [0, 0.05) is 0 Å². The molecule has 4 nitrogen and oxygen atoms in total. The third-order valence-electron chi connectivity index (χ3n) is 1.88. The van der Waals surface area contributed by atoms with Crippen molar-refractivity contribution in [3.05, 3.63) is 0 Å². The van der Waals surface area contributed by atoms with Crippen molar-refractivity contribution < 1.29 is 14.0 Å². The van der Waals surface area contributed by atoms with Crippen molar-refractivity contribution in [1.29, 1.82) is 0 Å². The number of rotatable bonds is 2. The Balaban J connectivity index is 2.46. The van der Waals surface area contributed by atoms with Crippen LogP contribution in [0.15, 0.2) is 4.40 Å². The van der Waals surface area contributed by atoms with Gasteiger partial charge >= 0.3 is 0 Å². The molecule has 0 amide bonds. The van der Waals surface area contributed by atoms with Crippen LogP contribution in [-0.2, 0) is 20.8 Å². The highest BCUT2D eigenvalue weighted by Gasteiger charge is 2.33. The van der Waals surface area contributed by atoms with Gasteiger partial charge in [-0.05, 0) is 34.6 Å². The predicted octanol–water partition coefficient (Wildman–Crippen LogP) is 1.67. The lowest BCUT2D eigenvalue weighted by molar-refractivity contribution is -0.130. The number of hydrogen-bond donors (Lipinski definition) is 0. The largest absolute Gasteiger partial charge is 0.591 e. The lowest BCUT2D eigenvalue weighted by Crippen LogP contribution is -2.27. The average molecular weight is 233 g/mol. The summed E-state index contributed by atoms with van der Waals surface area (Å²) in [4.78, 5) is 0. The molecule has 1 rings (SSSR count). The lowest BCUT2D eigenvalue weighted by atomic mass is 10.3. The van der Waals surface area contributed by atoms with Gasteiger partial charge < -0.3 is 14.0 Å². The summed E-state index contributed by atoms with van der Waals surface area (Å²) in [7, 11) is 0. The molecule has 2 atom stereocenters. The molecule has 1 heterocycles. The molecule has 1 fully saturated rings. The van der Waals surface area contributed by atoms with E-state index in [-0.39, 0.29) is 10.9 Å². The number of ether oxygens (including phenoxy) is 2. The molecule has 1 saturated heterocycles. The maximum absolute atomic E-state index is 11.6. The van der Waals surface area contributed by atoms with Crippen molar-refractivity contribution in [1.82, 2.24) is 0 Å². The highest BCUT2D eigenvalue weighted by molar-refractivity contribution is 7.91. The number of hydrogen-bond acceptors (Lipinski definition) is 4. The molecule has 1 aliphatic rings. The van der Waals surface area contributed by atoms with E-state index < -0.39 is 17.1 Å². The highest BCUT2D eigenvalue weighted by Crippen LogP contribution is 2.22. The molecule has 0 bridgehead atoms. The van der Waals surface area contributed by atoms with E-state index >= 15 is 0 Å². The predicted molar refractivity (Wildman–Crippen MR) is 61.3 cm³/mol. The summed E-state index contributed by atoms with van der Waals surface area (Å²) < 4.78 is 26.1. The zero-order chi connectivity index (χ0) is 11.7. The molecule has 88 valence electrons. The van der Waals surface area contributed by atoms with E-state index in [4.69, 9.17) is 9.47 Å². The van der Waals surface area contributed by atoms with Gasteiger partial charge in [0.25, 0.3) is 0 Å². The highest BCUT2D eigenvalue weighted by atomic mass is 32.2. The molecule has 0 N–H and O–H groups in total. The Kier molecular flexibility index (Phi) is 3.81. The Bertz CT molecular complexity index is 248. The Hall–Kier alpha value is -0.100. The van der Waals surface area contributed by atoms with Gasteiger partial charge in [-0.1, -0.05) is 4.40 Å². The molecular weight excluding hydrogens is 214 g/mol. The fourth-order valence-electron chi connectivity index (χ4n) is 1.07. The normalized spacial score (nSPS) is 28.5. The molecule has 0 radical (unpaired) electrons. The van der Waals surface area contributed by atoms with E-state index in [9.17, 15) is 4.55 Å². The monoisotopic (exact) mass is 233 g/mol. The average Bonchev–Trinajstić information content (AvgIpc) is 2.39. The van der Waals surface area contributed by atoms with E-state index in [0.717, 1.165) is 0 Å². The minimum atomic E-state index is -1.22. The first-order valence-electron chi connectivity index (χ1n) is 4.99. The molecule has 0 aromatic heterocycles. The molecular formula is C10H19NO3S. The summed E-state index contributed by atoms with van der Waals surface area (Å²) in [5.41, 5.74) is 0. The minimum Gasteiger partial charge on any atom is -0.591 e. The van der Waals surface area contributed by atoms with Crippen molar-refractivity contribution in [2.45, 2.75) is 51.3 Å². The Morgan fingerprint density at radius 2 is 2.07 bits per heavy atom. The van der Waals surface area contributed by atoms with Gasteiger partial charge in [0.2, 0.25) is 0 Å². The van der Waals surface area contributed by atoms with Gasteiger partial charge in [0.15, 0.2) is 5.79 Å². The van der Waals surface area contributed by atoms with Crippen molar-refractivity contribution in [2.75, 3.05) is 6.61 Å². The molecule has 0 spiro atoms. The van der Waals surface area contributed by atoms with Crippen LogP contribution >= 0.6 is 0 Å². The van der Waals surface area contributed by atoms with Crippen LogP contribution in [-0.4, -0.2) is 34.0 Å². The smallest absolute Gasteiger partial charge is 0.163 e. The summed E-state index contributed by atoms with van der Waals surface area (Å²) in [6.07, 6.45) is 1.39. The van der Waals surface area contributed by atoms with E-state index in [1.54, 1.807) is 6.21 Å². The summed E-state index contributed by atoms with van der Waals surface area (Å²) in [6.45, 7) is 9.82. The molecule has 5 heteroatoms. The van der Waals surface area contributed by atoms with Crippen LogP contribution in [0.2, 0.25) is 0 Å². The van der Waals surface area contributed by atoms with Gasteiger partial charge in [-0.15, -0.1) is 0 Å². The van der Waals surface area contributed by atoms with Crippen LogP contribution in [0.3, 0.4) is 0 Å². The Morgan fingerprint density at radius 3 is 2.47 bits per heavy atom. The fraction of sp³-hybridized carbons (Fsp3) is 0.900. The molecule has 0 unspecified atom stereocenters. The van der Waals surface area contributed by atoms with Gasteiger partial charge in [-0.3, -0.25) is 0 Å². The lowest BCUT2D eigenvalue weighted by Gasteiger charge is -2.18. The fourth-order valence-corrected chi connectivity index (χ4v) is 1.63. The topological polar surface area (TPSA) is 53.9 Å². The zero-order valence-corrected chi connectivity index (χ0v) is 10.8. The molecule has 1 aliphatic heterocycles. The summed E-state index contributed by atoms with van der Waals surface area (Å²) in [6, 6.07) is 0. The molecule has 0 saturated carbocycles. The van der Waals surface area contributed by atoms with Crippen LogP contribution in [0.4, 0.5) is 0 Å². The summed E-state index contributed by atoms with van der Waals surface area (Å²) in [5, 5.41) is 0. The van der Waals surface area contributed by atoms with Gasteiger partial charge in [0.1, 0.15) is 22.2 Å². The first kappa shape index (κ1) is 13.0. The summed E-state index contributed by atoms with van der Waals surface area (Å²) in [5.74, 6) is -0.556. The third-order valence-corrected chi connectivity index (χ3v) is 3.24. The van der Waals surface area contributed by atoms with Crippen LogP contribution < -0.4 is 0 Å². The standard InChI is InChI=1S/C10H19NO3S/c1-9(2,3)15(12)11-6-8-7-13-10(4,5)14-8/h6,8H,7H2,1-5H3/b11-6+/t8-,15+/m0/s1. The molecule has 0 aliphatic carbocycles.